The van der Waals surface area contributed by atoms with Gasteiger partial charge in [0.15, 0.2) is 0 Å². The van der Waals surface area contributed by atoms with E-state index in [0.717, 1.165) is 5.75 Å². The minimum Gasteiger partial charge on any atom is -0.489 e. The van der Waals surface area contributed by atoms with Gasteiger partial charge in [0.05, 0.1) is 0 Å². The second kappa shape index (κ2) is 6.06. The molecule has 0 radical (unpaired) electrons. The summed E-state index contributed by atoms with van der Waals surface area (Å²) < 4.78 is 5.37. The first-order valence-electron chi connectivity index (χ1n) is 4.21. The second-order valence-electron chi connectivity index (χ2n) is 2.43. The lowest BCUT2D eigenvalue weighted by atomic mass is 10.3. The summed E-state index contributed by atoms with van der Waals surface area (Å²) in [5.41, 5.74) is 8.15. The van der Waals surface area contributed by atoms with Crippen LogP contribution >= 0.6 is 0 Å². The van der Waals surface area contributed by atoms with Crippen LogP contribution in [0.25, 0.3) is 0 Å². The topological polar surface area (TPSA) is 35.2 Å². The maximum atomic E-state index is 5.37. The third kappa shape index (κ3) is 4.16. The van der Waals surface area contributed by atoms with Crippen molar-refractivity contribution in [2.24, 2.45) is 5.73 Å². The Bertz CT molecular complexity index is 286. The van der Waals surface area contributed by atoms with Crippen molar-refractivity contribution in [3.8, 4) is 5.75 Å². The molecule has 2 N–H and O–H groups in total. The molecule has 0 amide bonds. The second-order valence-corrected chi connectivity index (χ2v) is 2.43. The molecule has 0 unspecified atom stereocenters. The van der Waals surface area contributed by atoms with Crippen LogP contribution in [0.15, 0.2) is 48.2 Å². The fourth-order valence-corrected chi connectivity index (χ4v) is 0.854. The van der Waals surface area contributed by atoms with Crippen molar-refractivity contribution in [2.45, 2.75) is 0 Å². The minimum atomic E-state index is 0.516. The first-order valence-corrected chi connectivity index (χ1v) is 4.21. The Morgan fingerprint density at radius 1 is 1.23 bits per heavy atom. The van der Waals surface area contributed by atoms with Gasteiger partial charge in [-0.1, -0.05) is 18.2 Å². The van der Waals surface area contributed by atoms with Gasteiger partial charge < -0.3 is 10.5 Å². The van der Waals surface area contributed by atoms with Gasteiger partial charge in [-0.2, -0.15) is 0 Å². The number of benzene rings is 1. The van der Waals surface area contributed by atoms with Crippen LogP contribution in [0.4, 0.5) is 0 Å². The Kier molecular flexibility index (Phi) is 4.47. The molecule has 0 aliphatic heterocycles. The molecular weight excluding hydrogens is 162 g/mol. The van der Waals surface area contributed by atoms with Gasteiger partial charge in [0, 0.05) is 6.54 Å². The van der Waals surface area contributed by atoms with Crippen LogP contribution in [0.5, 0.6) is 5.75 Å². The Balaban J connectivity index is 2.32. The molecule has 1 rings (SSSR count). The number of nitrogens with two attached hydrogens (primary N) is 1. The van der Waals surface area contributed by atoms with E-state index in [1.165, 1.54) is 0 Å². The van der Waals surface area contributed by atoms with Gasteiger partial charge in [-0.05, 0) is 24.3 Å². The van der Waals surface area contributed by atoms with E-state index in [1.807, 2.05) is 30.3 Å². The van der Waals surface area contributed by atoms with Crippen LogP contribution in [0.2, 0.25) is 0 Å². The fourth-order valence-electron chi connectivity index (χ4n) is 0.854. The SMILES string of the molecule is NCC=C=CCOc1ccccc1. The first-order chi connectivity index (χ1) is 6.43. The molecule has 0 saturated carbocycles. The zero-order valence-electron chi connectivity index (χ0n) is 7.44. The van der Waals surface area contributed by atoms with Crippen molar-refractivity contribution in [1.29, 1.82) is 0 Å². The van der Waals surface area contributed by atoms with Gasteiger partial charge in [0.1, 0.15) is 12.4 Å². The zero-order chi connectivity index (χ0) is 9.36. The Labute approximate surface area is 78.3 Å². The average Bonchev–Trinajstić information content (AvgIpc) is 2.19. The maximum Gasteiger partial charge on any atom is 0.119 e. The molecule has 0 atom stereocenters. The van der Waals surface area contributed by atoms with E-state index in [1.54, 1.807) is 12.2 Å². The van der Waals surface area contributed by atoms with Gasteiger partial charge in [-0.25, -0.2) is 0 Å². The van der Waals surface area contributed by atoms with Crippen molar-refractivity contribution < 1.29 is 4.74 Å². The molecule has 13 heavy (non-hydrogen) atoms. The van der Waals surface area contributed by atoms with Crippen LogP contribution in [-0.2, 0) is 0 Å². The van der Waals surface area contributed by atoms with E-state index in [2.05, 4.69) is 5.73 Å². The fraction of sp³-hybridized carbons (Fsp3) is 0.182. The van der Waals surface area contributed by atoms with E-state index in [-0.39, 0.29) is 0 Å². The summed E-state index contributed by atoms with van der Waals surface area (Å²) in [7, 11) is 0. The van der Waals surface area contributed by atoms with Crippen LogP contribution in [0.1, 0.15) is 0 Å². The summed E-state index contributed by atoms with van der Waals surface area (Å²) in [5.74, 6) is 0.869. The van der Waals surface area contributed by atoms with E-state index >= 15 is 0 Å². The van der Waals surface area contributed by atoms with Crippen LogP contribution in [0.3, 0.4) is 0 Å². The molecule has 2 nitrogen and oxygen atoms in total. The predicted molar refractivity (Wildman–Crippen MR) is 53.6 cm³/mol. The van der Waals surface area contributed by atoms with E-state index in [4.69, 9.17) is 10.5 Å². The maximum absolute atomic E-state index is 5.37. The number of para-hydroxylation sites is 1. The lowest BCUT2D eigenvalue weighted by Gasteiger charge is -1.99. The Hall–Kier alpha value is -1.50. The highest BCUT2D eigenvalue weighted by molar-refractivity contribution is 5.21. The summed E-state index contributed by atoms with van der Waals surface area (Å²) in [6.45, 7) is 1.04. The molecule has 68 valence electrons. The summed E-state index contributed by atoms with van der Waals surface area (Å²) >= 11 is 0. The molecule has 0 heterocycles. The van der Waals surface area contributed by atoms with Crippen LogP contribution in [-0.4, -0.2) is 13.2 Å². The first kappa shape index (κ1) is 9.59. The number of ether oxygens (including phenoxy) is 1. The standard InChI is InChI=1S/C11H13NO/c12-9-5-2-6-10-13-11-7-3-1-4-8-11/h1,3-8H,9-10,12H2. The van der Waals surface area contributed by atoms with E-state index in [9.17, 15) is 0 Å². The summed E-state index contributed by atoms with van der Waals surface area (Å²) in [6.07, 6.45) is 3.56. The third-order valence-corrected chi connectivity index (χ3v) is 1.43. The zero-order valence-corrected chi connectivity index (χ0v) is 7.44. The summed E-state index contributed by atoms with van der Waals surface area (Å²) in [4.78, 5) is 0. The highest BCUT2D eigenvalue weighted by Crippen LogP contribution is 2.07. The van der Waals surface area contributed by atoms with E-state index < -0.39 is 0 Å². The van der Waals surface area contributed by atoms with Crippen molar-refractivity contribution in [3.63, 3.8) is 0 Å². The van der Waals surface area contributed by atoms with Crippen molar-refractivity contribution >= 4 is 0 Å². The van der Waals surface area contributed by atoms with Gasteiger partial charge in [-0.3, -0.25) is 0 Å². The van der Waals surface area contributed by atoms with Crippen LogP contribution in [0, 0.1) is 0 Å². The normalized spacial score (nSPS) is 8.69. The number of hydrogen-bond donors (Lipinski definition) is 1. The summed E-state index contributed by atoms with van der Waals surface area (Å²) in [6, 6.07) is 9.67. The number of hydrogen-bond acceptors (Lipinski definition) is 2. The minimum absolute atomic E-state index is 0.516. The molecule has 2 heteroatoms. The highest BCUT2D eigenvalue weighted by Gasteiger charge is 1.85. The van der Waals surface area contributed by atoms with Crippen molar-refractivity contribution in [2.75, 3.05) is 13.2 Å². The quantitative estimate of drug-likeness (QED) is 0.707. The predicted octanol–water partition coefficient (Wildman–Crippen LogP) is 1.74. The molecule has 1 aromatic carbocycles. The largest absolute Gasteiger partial charge is 0.489 e. The van der Waals surface area contributed by atoms with Gasteiger partial charge in [-0.15, -0.1) is 5.73 Å². The molecule has 0 aliphatic carbocycles. The number of rotatable bonds is 4. The van der Waals surface area contributed by atoms with Gasteiger partial charge in [0.2, 0.25) is 0 Å². The smallest absolute Gasteiger partial charge is 0.119 e. The van der Waals surface area contributed by atoms with Crippen molar-refractivity contribution in [3.05, 3.63) is 48.2 Å². The Morgan fingerprint density at radius 3 is 2.69 bits per heavy atom. The van der Waals surface area contributed by atoms with Crippen LogP contribution < -0.4 is 10.5 Å². The Morgan fingerprint density at radius 2 is 2.00 bits per heavy atom. The average molecular weight is 175 g/mol. The molecule has 0 aliphatic rings. The highest BCUT2D eigenvalue weighted by atomic mass is 16.5. The lowest BCUT2D eigenvalue weighted by molar-refractivity contribution is 0.363. The molecule has 1 aromatic rings. The van der Waals surface area contributed by atoms with E-state index in [0.29, 0.717) is 13.2 Å². The lowest BCUT2D eigenvalue weighted by Crippen LogP contribution is -1.93. The molecule has 0 aromatic heterocycles. The molecule has 0 bridgehead atoms. The van der Waals surface area contributed by atoms with Crippen molar-refractivity contribution in [1.82, 2.24) is 0 Å². The molecule has 0 saturated heterocycles. The third-order valence-electron chi connectivity index (χ3n) is 1.43. The monoisotopic (exact) mass is 175 g/mol. The van der Waals surface area contributed by atoms with Gasteiger partial charge in [0.25, 0.3) is 0 Å². The molecule has 0 spiro atoms. The molecular formula is C11H13NO. The summed E-state index contributed by atoms with van der Waals surface area (Å²) in [5, 5.41) is 0. The molecule has 0 fully saturated rings. The van der Waals surface area contributed by atoms with Gasteiger partial charge >= 0.3 is 0 Å².